The highest BCUT2D eigenvalue weighted by molar-refractivity contribution is 6.65. The molecule has 0 radical (unpaired) electrons. The third kappa shape index (κ3) is 4.65. The van der Waals surface area contributed by atoms with Crippen molar-refractivity contribution in [2.24, 2.45) is 34.5 Å². The Kier molecular flexibility index (Phi) is 7.15. The fourth-order valence-electron chi connectivity index (χ4n) is 9.48. The standard InChI is InChI=1S/C30H51BO3/c1-27(2)21-15-22(27)18-29(5,17-21)31(30(6)19-23-16-24(20-30)28(23,3)4)14-10-12-25(32)11-8-9-13-26(33)34-7/h21-24H,8-20H2,1-7H3. The van der Waals surface area contributed by atoms with Gasteiger partial charge in [-0.1, -0.05) is 90.6 Å². The van der Waals surface area contributed by atoms with E-state index in [0.29, 0.717) is 40.1 Å². The summed E-state index contributed by atoms with van der Waals surface area (Å²) >= 11 is 0. The molecule has 0 aromatic carbocycles. The molecule has 4 bridgehead atoms. The lowest BCUT2D eigenvalue weighted by atomic mass is 9.14. The highest BCUT2D eigenvalue weighted by Crippen LogP contribution is 2.74. The van der Waals surface area contributed by atoms with Gasteiger partial charge in [-0.05, 0) is 60.2 Å². The van der Waals surface area contributed by atoms with Crippen LogP contribution in [-0.4, -0.2) is 25.6 Å². The summed E-state index contributed by atoms with van der Waals surface area (Å²) in [5.74, 6) is 3.81. The van der Waals surface area contributed by atoms with E-state index in [2.05, 4.69) is 41.5 Å². The zero-order valence-electron chi connectivity index (χ0n) is 23.3. The number of fused-ring (bicyclic) bond motifs is 4. The minimum atomic E-state index is -0.167. The molecule has 0 heterocycles. The van der Waals surface area contributed by atoms with Crippen molar-refractivity contribution in [3.05, 3.63) is 0 Å². The summed E-state index contributed by atoms with van der Waals surface area (Å²) in [5.41, 5.74) is 1.09. The molecular formula is C30H51BO3. The molecule has 4 atom stereocenters. The number of rotatable bonds is 11. The Morgan fingerprint density at radius 3 is 1.53 bits per heavy atom. The van der Waals surface area contributed by atoms with Gasteiger partial charge in [0.25, 0.3) is 0 Å². The number of hydrogen-bond acceptors (Lipinski definition) is 3. The molecule has 0 amide bonds. The topological polar surface area (TPSA) is 43.4 Å². The van der Waals surface area contributed by atoms with Gasteiger partial charge in [-0.15, -0.1) is 0 Å². The molecule has 6 aliphatic carbocycles. The lowest BCUT2D eigenvalue weighted by Gasteiger charge is -2.68. The molecule has 6 rings (SSSR count). The molecule has 3 nitrogen and oxygen atoms in total. The van der Waals surface area contributed by atoms with E-state index in [9.17, 15) is 9.59 Å². The number of hydrogen-bond donors (Lipinski definition) is 0. The third-order valence-electron chi connectivity index (χ3n) is 12.1. The summed E-state index contributed by atoms with van der Waals surface area (Å²) in [6, 6.07) is 0. The van der Waals surface area contributed by atoms with Crippen LogP contribution >= 0.6 is 0 Å². The molecule has 4 unspecified atom stereocenters. The SMILES string of the molecule is COC(=O)CCCCC(=O)CCCB(C1(C)CC2CC(C1)C2(C)C)C1(C)CC2CC(C1)C2(C)C. The van der Waals surface area contributed by atoms with Crippen molar-refractivity contribution >= 4 is 18.5 Å². The van der Waals surface area contributed by atoms with E-state index >= 15 is 0 Å². The highest BCUT2D eigenvalue weighted by Gasteiger charge is 2.64. The first-order valence-corrected chi connectivity index (χ1v) is 14.4. The van der Waals surface area contributed by atoms with Crippen LogP contribution < -0.4 is 0 Å². The smallest absolute Gasteiger partial charge is 0.305 e. The second-order valence-electron chi connectivity index (χ2n) is 14.8. The van der Waals surface area contributed by atoms with E-state index in [4.69, 9.17) is 4.74 Å². The normalized spacial score (nSPS) is 38.9. The van der Waals surface area contributed by atoms with Gasteiger partial charge in [0.1, 0.15) is 5.78 Å². The quantitative estimate of drug-likeness (QED) is 0.175. The fourth-order valence-corrected chi connectivity index (χ4v) is 9.48. The van der Waals surface area contributed by atoms with Crippen molar-refractivity contribution in [3.63, 3.8) is 0 Å². The van der Waals surface area contributed by atoms with Gasteiger partial charge < -0.3 is 4.74 Å². The maximum Gasteiger partial charge on any atom is 0.305 e. The minimum absolute atomic E-state index is 0.167. The molecule has 6 aliphatic rings. The zero-order valence-corrected chi connectivity index (χ0v) is 23.3. The molecule has 192 valence electrons. The summed E-state index contributed by atoms with van der Waals surface area (Å²) in [6.07, 6.45) is 14.1. The first kappa shape index (κ1) is 26.3. The van der Waals surface area contributed by atoms with Gasteiger partial charge in [-0.25, -0.2) is 0 Å². The van der Waals surface area contributed by atoms with Gasteiger partial charge in [0.15, 0.2) is 6.71 Å². The Morgan fingerprint density at radius 1 is 0.706 bits per heavy atom. The van der Waals surface area contributed by atoms with Gasteiger partial charge in [-0.2, -0.15) is 0 Å². The molecule has 0 spiro atoms. The van der Waals surface area contributed by atoms with Crippen molar-refractivity contribution in [2.45, 2.75) is 136 Å². The van der Waals surface area contributed by atoms with Crippen molar-refractivity contribution < 1.29 is 14.3 Å². The molecule has 0 N–H and O–H groups in total. The summed E-state index contributed by atoms with van der Waals surface area (Å²) in [7, 11) is 1.43. The second-order valence-corrected chi connectivity index (χ2v) is 14.8. The average molecular weight is 471 g/mol. The number of ketones is 1. The lowest BCUT2D eigenvalue weighted by molar-refractivity contribution is -0.140. The average Bonchev–Trinajstić information content (AvgIpc) is 2.78. The van der Waals surface area contributed by atoms with Crippen LogP contribution in [0.5, 0.6) is 0 Å². The maximum atomic E-state index is 12.6. The van der Waals surface area contributed by atoms with E-state index in [1.807, 2.05) is 0 Å². The number of carbonyl (C=O) groups excluding carboxylic acids is 2. The van der Waals surface area contributed by atoms with E-state index in [1.54, 1.807) is 0 Å². The van der Waals surface area contributed by atoms with Crippen LogP contribution in [0.15, 0.2) is 0 Å². The van der Waals surface area contributed by atoms with E-state index < -0.39 is 0 Å². The van der Waals surface area contributed by atoms with Crippen LogP contribution in [0.1, 0.15) is 119 Å². The number of carbonyl (C=O) groups is 2. The summed E-state index contributed by atoms with van der Waals surface area (Å²) in [6.45, 7) is 16.1. The number of esters is 1. The number of methoxy groups -OCH3 is 1. The molecular weight excluding hydrogens is 419 g/mol. The fraction of sp³-hybridized carbons (Fsp3) is 0.933. The monoisotopic (exact) mass is 470 g/mol. The van der Waals surface area contributed by atoms with Gasteiger partial charge in [0.05, 0.1) is 7.11 Å². The molecule has 4 heteroatoms. The number of unbranched alkanes of at least 4 members (excludes halogenated alkanes) is 1. The lowest BCUT2D eigenvalue weighted by Crippen LogP contribution is -2.60. The van der Waals surface area contributed by atoms with Gasteiger partial charge in [-0.3, -0.25) is 9.59 Å². The van der Waals surface area contributed by atoms with Crippen molar-refractivity contribution in [2.75, 3.05) is 7.11 Å². The van der Waals surface area contributed by atoms with Crippen LogP contribution in [0.3, 0.4) is 0 Å². The summed E-state index contributed by atoms with van der Waals surface area (Å²) in [4.78, 5) is 23.9. The van der Waals surface area contributed by atoms with Crippen LogP contribution in [0.2, 0.25) is 16.9 Å². The largest absolute Gasteiger partial charge is 0.469 e. The second kappa shape index (κ2) is 9.26. The molecule has 0 aliphatic heterocycles. The van der Waals surface area contributed by atoms with Crippen LogP contribution in [0, 0.1) is 34.5 Å². The van der Waals surface area contributed by atoms with E-state index in [1.165, 1.54) is 52.0 Å². The molecule has 6 fully saturated rings. The Balaban J connectivity index is 1.37. The number of ether oxygens (including phenoxy) is 1. The molecule has 0 saturated heterocycles. The first-order valence-electron chi connectivity index (χ1n) is 14.4. The first-order chi connectivity index (χ1) is 15.8. The Bertz CT molecular complexity index is 712. The Morgan fingerprint density at radius 2 is 1.12 bits per heavy atom. The van der Waals surface area contributed by atoms with Crippen LogP contribution in [0.25, 0.3) is 0 Å². The van der Waals surface area contributed by atoms with Gasteiger partial charge in [0.2, 0.25) is 0 Å². The predicted octanol–water partition coefficient (Wildman–Crippen LogP) is 8.00. The molecule has 34 heavy (non-hydrogen) atoms. The third-order valence-corrected chi connectivity index (χ3v) is 12.1. The minimum Gasteiger partial charge on any atom is -0.469 e. The summed E-state index contributed by atoms with van der Waals surface area (Å²) in [5, 5.41) is 0.880. The number of Topliss-reactive ketones (excluding diaryl/α,β-unsaturated/α-hetero) is 1. The van der Waals surface area contributed by atoms with Crippen molar-refractivity contribution in [1.29, 1.82) is 0 Å². The van der Waals surface area contributed by atoms with E-state index in [0.717, 1.165) is 56.1 Å². The Hall–Kier alpha value is -0.795. The molecule has 6 saturated carbocycles. The Labute approximate surface area is 210 Å². The summed E-state index contributed by atoms with van der Waals surface area (Å²) < 4.78 is 4.71. The molecule has 0 aromatic rings. The van der Waals surface area contributed by atoms with Gasteiger partial charge >= 0.3 is 5.97 Å². The molecule has 0 aromatic heterocycles. The predicted molar refractivity (Wildman–Crippen MR) is 141 cm³/mol. The highest BCUT2D eigenvalue weighted by atomic mass is 16.5. The van der Waals surface area contributed by atoms with E-state index in [-0.39, 0.29) is 5.97 Å². The van der Waals surface area contributed by atoms with Crippen LogP contribution in [0.4, 0.5) is 0 Å². The van der Waals surface area contributed by atoms with Gasteiger partial charge in [0, 0.05) is 19.3 Å². The van der Waals surface area contributed by atoms with Crippen molar-refractivity contribution in [3.8, 4) is 0 Å². The maximum absolute atomic E-state index is 12.6. The van der Waals surface area contributed by atoms with Crippen molar-refractivity contribution in [1.82, 2.24) is 0 Å². The van der Waals surface area contributed by atoms with Crippen LogP contribution in [-0.2, 0) is 14.3 Å². The zero-order chi connectivity index (χ0) is 24.9.